The highest BCUT2D eigenvalue weighted by molar-refractivity contribution is 6.31. The van der Waals surface area contributed by atoms with Crippen LogP contribution in [0, 0.1) is 23.7 Å². The van der Waals surface area contributed by atoms with Crippen molar-refractivity contribution in [3.8, 4) is 11.5 Å². The predicted molar refractivity (Wildman–Crippen MR) is 165 cm³/mol. The first-order valence-corrected chi connectivity index (χ1v) is 15.2. The summed E-state index contributed by atoms with van der Waals surface area (Å²) in [5.41, 5.74) is 1.35. The van der Waals surface area contributed by atoms with Crippen molar-refractivity contribution in [3.05, 3.63) is 113 Å². The molecule has 46 heavy (non-hydrogen) atoms. The smallest absolute Gasteiger partial charge is 0.423 e. The number of Topliss-reactive ketones (excluding diaryl/α,β-unsaturated/α-hetero) is 1. The number of allylic oxidation sites excluding steroid dienone is 4. The van der Waals surface area contributed by atoms with E-state index in [4.69, 9.17) is 9.47 Å². The fraction of sp³-hybridized carbons (Fsp3) is 0.270. The van der Waals surface area contributed by atoms with Crippen LogP contribution in [-0.2, 0) is 29.3 Å². The summed E-state index contributed by atoms with van der Waals surface area (Å²) in [6.45, 7) is 0. The first-order chi connectivity index (χ1) is 22.2. The summed E-state index contributed by atoms with van der Waals surface area (Å²) in [7, 11) is 2.57. The normalized spacial score (nSPS) is 28.5. The fourth-order valence-electron chi connectivity index (χ4n) is 8.43. The Morgan fingerprint density at radius 3 is 2.26 bits per heavy atom. The molecule has 0 aromatic heterocycles. The zero-order valence-corrected chi connectivity index (χ0v) is 25.2. The number of ether oxygens (including phenoxy) is 2. The van der Waals surface area contributed by atoms with E-state index in [0.29, 0.717) is 27.3 Å². The number of fused-ring (bicyclic) bond motifs is 4. The second-order valence-corrected chi connectivity index (χ2v) is 12.2. The monoisotopic (exact) mass is 617 g/mol. The number of imide groups is 3. The van der Waals surface area contributed by atoms with E-state index in [1.165, 1.54) is 25.3 Å². The fourth-order valence-corrected chi connectivity index (χ4v) is 8.43. The van der Waals surface area contributed by atoms with Gasteiger partial charge >= 0.3 is 6.09 Å². The standard InChI is InChI=1S/C37H31NO8/c1-45-29-17-22(39)13-14-24(29)32-23-15-16-25-31(35(43)38(34(25)42)36(44)46-2)27(23)18-28-33(41)26(20-9-5-3-6-10-20)19-30(40)37(28,32)21-11-7-4-8-12-21/h3-15,17,19,25,27-28,31-32,39H,16,18H2,1-2H3/t25-,27+,28-,31-,32+,37-/m0/s1. The summed E-state index contributed by atoms with van der Waals surface area (Å²) in [6.07, 6.45) is 2.55. The number of methoxy groups -OCH3 is 2. The molecule has 1 N–H and O–H groups in total. The van der Waals surface area contributed by atoms with Gasteiger partial charge in [0.15, 0.2) is 11.6 Å². The van der Waals surface area contributed by atoms with E-state index >= 15 is 0 Å². The van der Waals surface area contributed by atoms with Crippen LogP contribution in [0.15, 0.2) is 96.6 Å². The van der Waals surface area contributed by atoms with Gasteiger partial charge in [0.25, 0.3) is 0 Å². The molecule has 3 aromatic rings. The molecule has 3 aromatic carbocycles. The summed E-state index contributed by atoms with van der Waals surface area (Å²) in [5.74, 6) is -5.70. The topological polar surface area (TPSA) is 127 Å². The molecule has 232 valence electrons. The van der Waals surface area contributed by atoms with Crippen LogP contribution in [0.5, 0.6) is 11.5 Å². The lowest BCUT2D eigenvalue weighted by Crippen LogP contribution is -2.58. The van der Waals surface area contributed by atoms with Crippen molar-refractivity contribution >= 4 is 35.0 Å². The molecule has 4 aliphatic rings. The van der Waals surface area contributed by atoms with E-state index in [1.54, 1.807) is 30.3 Å². The largest absolute Gasteiger partial charge is 0.508 e. The van der Waals surface area contributed by atoms with Crippen LogP contribution in [-0.4, -0.2) is 53.7 Å². The van der Waals surface area contributed by atoms with Crippen molar-refractivity contribution in [1.29, 1.82) is 0 Å². The molecule has 1 saturated carbocycles. The van der Waals surface area contributed by atoms with Crippen LogP contribution in [0.4, 0.5) is 4.79 Å². The number of rotatable bonds is 4. The molecule has 6 atom stereocenters. The van der Waals surface area contributed by atoms with Gasteiger partial charge in [0, 0.05) is 29.0 Å². The van der Waals surface area contributed by atoms with E-state index in [2.05, 4.69) is 0 Å². The molecule has 7 rings (SSSR count). The highest BCUT2D eigenvalue weighted by Gasteiger charge is 2.66. The molecule has 3 aliphatic carbocycles. The number of benzene rings is 3. The highest BCUT2D eigenvalue weighted by atomic mass is 16.5. The number of phenolic OH excluding ortho intramolecular Hbond substituents is 1. The van der Waals surface area contributed by atoms with Crippen molar-refractivity contribution in [2.75, 3.05) is 14.2 Å². The molecule has 1 heterocycles. The Morgan fingerprint density at radius 2 is 1.59 bits per heavy atom. The van der Waals surface area contributed by atoms with Gasteiger partial charge in [-0.05, 0) is 42.0 Å². The van der Waals surface area contributed by atoms with Gasteiger partial charge in [0.2, 0.25) is 11.8 Å². The molecule has 3 amide bonds. The number of hydrogen-bond donors (Lipinski definition) is 1. The molecule has 9 heteroatoms. The summed E-state index contributed by atoms with van der Waals surface area (Å²) < 4.78 is 10.6. The average Bonchev–Trinajstić information content (AvgIpc) is 3.34. The summed E-state index contributed by atoms with van der Waals surface area (Å²) >= 11 is 0. The minimum Gasteiger partial charge on any atom is -0.508 e. The molecule has 0 unspecified atom stereocenters. The number of aromatic hydroxyl groups is 1. The Labute approximate surface area is 265 Å². The van der Waals surface area contributed by atoms with Gasteiger partial charge in [-0.15, -0.1) is 0 Å². The van der Waals surface area contributed by atoms with Crippen LogP contribution in [0.25, 0.3) is 5.57 Å². The van der Waals surface area contributed by atoms with Crippen molar-refractivity contribution in [1.82, 2.24) is 4.90 Å². The van der Waals surface area contributed by atoms with E-state index in [1.807, 2.05) is 42.5 Å². The van der Waals surface area contributed by atoms with Crippen LogP contribution in [0.1, 0.15) is 35.4 Å². The van der Waals surface area contributed by atoms with E-state index in [0.717, 1.165) is 12.7 Å². The zero-order chi connectivity index (χ0) is 32.3. The lowest BCUT2D eigenvalue weighted by atomic mass is 9.44. The van der Waals surface area contributed by atoms with Crippen LogP contribution >= 0.6 is 0 Å². The van der Waals surface area contributed by atoms with Crippen molar-refractivity contribution in [3.63, 3.8) is 0 Å². The molecule has 1 aliphatic heterocycles. The van der Waals surface area contributed by atoms with Crippen molar-refractivity contribution < 1.29 is 38.6 Å². The Bertz CT molecular complexity index is 1860. The Morgan fingerprint density at radius 1 is 0.891 bits per heavy atom. The average molecular weight is 618 g/mol. The SMILES string of the molecule is COC(=O)N1C(=O)[C@H]2[C@H](CC=C3[C@H]2C[C@H]2C(=O)C(c4ccccc4)=CC(=O)[C@@]2(c2ccccc2)[C@H]3c2ccc(O)cc2OC)C1=O. The molecule has 1 saturated heterocycles. The number of nitrogens with zero attached hydrogens (tertiary/aromatic N) is 1. The number of phenols is 1. The zero-order valence-electron chi connectivity index (χ0n) is 25.2. The Kier molecular flexibility index (Phi) is 6.99. The third kappa shape index (κ3) is 4.04. The van der Waals surface area contributed by atoms with Gasteiger partial charge in [-0.3, -0.25) is 19.2 Å². The molecule has 0 bridgehead atoms. The van der Waals surface area contributed by atoms with Gasteiger partial charge in [-0.25, -0.2) is 4.79 Å². The maximum absolute atomic E-state index is 15.0. The van der Waals surface area contributed by atoms with Crippen LogP contribution in [0.2, 0.25) is 0 Å². The molecular weight excluding hydrogens is 586 g/mol. The first kappa shape index (κ1) is 29.4. The summed E-state index contributed by atoms with van der Waals surface area (Å²) in [5, 5.41) is 10.4. The maximum atomic E-state index is 15.0. The predicted octanol–water partition coefficient (Wildman–Crippen LogP) is 4.99. The third-order valence-electron chi connectivity index (χ3n) is 10.3. The summed E-state index contributed by atoms with van der Waals surface area (Å²) in [6, 6.07) is 22.8. The lowest BCUT2D eigenvalue weighted by Gasteiger charge is -2.55. The van der Waals surface area contributed by atoms with Gasteiger partial charge < -0.3 is 14.6 Å². The van der Waals surface area contributed by atoms with Crippen LogP contribution in [0.3, 0.4) is 0 Å². The van der Waals surface area contributed by atoms with E-state index in [-0.39, 0.29) is 35.7 Å². The van der Waals surface area contributed by atoms with Gasteiger partial charge in [0.1, 0.15) is 11.5 Å². The number of hydrogen-bond acceptors (Lipinski definition) is 8. The van der Waals surface area contributed by atoms with E-state index in [9.17, 15) is 29.1 Å². The Hall–Kier alpha value is -5.31. The molecule has 9 nitrogen and oxygen atoms in total. The molecule has 2 fully saturated rings. The van der Waals surface area contributed by atoms with Crippen molar-refractivity contribution in [2.45, 2.75) is 24.2 Å². The number of amides is 3. The third-order valence-corrected chi connectivity index (χ3v) is 10.3. The Balaban J connectivity index is 1.52. The number of carbonyl (C=O) groups is 5. The van der Waals surface area contributed by atoms with Gasteiger partial charge in [0.05, 0.1) is 31.5 Å². The minimum absolute atomic E-state index is 0.0430. The van der Waals surface area contributed by atoms with Gasteiger partial charge in [-0.2, -0.15) is 4.90 Å². The second-order valence-electron chi connectivity index (χ2n) is 12.2. The lowest BCUT2D eigenvalue weighted by molar-refractivity contribution is -0.138. The number of carbonyl (C=O) groups excluding carboxylic acids is 5. The second kappa shape index (κ2) is 10.9. The molecular formula is C37H31NO8. The summed E-state index contributed by atoms with van der Waals surface area (Å²) in [4.78, 5) is 70.4. The van der Waals surface area contributed by atoms with Gasteiger partial charge in [-0.1, -0.05) is 78.4 Å². The molecule has 0 radical (unpaired) electrons. The first-order valence-electron chi connectivity index (χ1n) is 15.2. The quantitative estimate of drug-likeness (QED) is 0.321. The molecule has 0 spiro atoms. The number of likely N-dealkylation sites (tertiary alicyclic amines) is 1. The van der Waals surface area contributed by atoms with Crippen LogP contribution < -0.4 is 4.74 Å². The highest BCUT2D eigenvalue weighted by Crippen LogP contribution is 2.64. The minimum atomic E-state index is -1.44. The maximum Gasteiger partial charge on any atom is 0.423 e. The number of ketones is 2. The van der Waals surface area contributed by atoms with E-state index < -0.39 is 52.9 Å². The van der Waals surface area contributed by atoms with Crippen molar-refractivity contribution in [2.24, 2.45) is 23.7 Å².